The lowest BCUT2D eigenvalue weighted by atomic mass is 9.63. The van der Waals surface area contributed by atoms with Gasteiger partial charge in [-0.25, -0.2) is 0 Å². The van der Waals surface area contributed by atoms with Crippen molar-refractivity contribution in [2.24, 2.45) is 0 Å². The van der Waals surface area contributed by atoms with E-state index in [-0.39, 0.29) is 0 Å². The van der Waals surface area contributed by atoms with Crippen LogP contribution in [0.2, 0.25) is 0 Å². The summed E-state index contributed by atoms with van der Waals surface area (Å²) in [7, 11) is 0. The first-order valence-electron chi connectivity index (χ1n) is 36.6. The fraction of sp³-hybridized carbons (Fsp3) is 0. The molecule has 0 saturated heterocycles. The summed E-state index contributed by atoms with van der Waals surface area (Å²) in [6.07, 6.45) is 0. The zero-order chi connectivity index (χ0) is 60.3. The largest absolute Gasteiger partial charge is 0.0531 e. The normalized spacial score (nSPS) is 16.0. The molecule has 0 aliphatic rings. The monoisotopic (exact) mass is 1220 g/mol. The van der Waals surface area contributed by atoms with E-state index in [1.54, 1.807) is 108 Å². The molecular formula is C100H20. The highest BCUT2D eigenvalue weighted by molar-refractivity contribution is 6.79. The second kappa shape index (κ2) is 10.2. The molecule has 100 heavy (non-hydrogen) atoms. The Hall–Kier alpha value is -13.0. The van der Waals surface area contributed by atoms with Crippen LogP contribution >= 0.6 is 0 Å². The Morgan fingerprint density at radius 2 is 0.0900 bits per heavy atom. The van der Waals surface area contributed by atoms with E-state index in [0.29, 0.717) is 0 Å². The highest BCUT2D eigenvalue weighted by Gasteiger charge is 2.47. The third-order valence-electron chi connectivity index (χ3n) is 32.5. The predicted octanol–water partition coefficient (Wildman–Crippen LogP) is 29.3. The molecule has 0 atom stereocenters. The Balaban J connectivity index is 1.10. The van der Waals surface area contributed by atoms with Crippen LogP contribution in [0.5, 0.6) is 0 Å². The van der Waals surface area contributed by atoms with Crippen molar-refractivity contribution in [2.75, 3.05) is 0 Å². The minimum absolute atomic E-state index is 1.43. The van der Waals surface area contributed by atoms with Gasteiger partial charge >= 0.3 is 0 Å². The lowest BCUT2D eigenvalue weighted by Gasteiger charge is -2.38. The molecule has 41 aromatic rings. The highest BCUT2D eigenvalue weighted by atomic mass is 14.5. The number of rotatable bonds is 0. The fourth-order valence-corrected chi connectivity index (χ4v) is 30.7. The van der Waals surface area contributed by atoms with E-state index in [9.17, 15) is 0 Å². The molecule has 0 fully saturated rings. The molecule has 20 bridgehead atoms. The summed E-state index contributed by atoms with van der Waals surface area (Å²) >= 11 is 0. The number of fused-ring (bicyclic) bond motifs is 10. The predicted molar refractivity (Wildman–Crippen MR) is 436 cm³/mol. The van der Waals surface area contributed by atoms with Gasteiger partial charge in [-0.05, 0) is 431 Å². The molecule has 0 heteroatoms. The summed E-state index contributed by atoms with van der Waals surface area (Å²) in [4.78, 5) is 0. The van der Waals surface area contributed by atoms with Crippen molar-refractivity contribution in [3.8, 4) is 0 Å². The van der Waals surface area contributed by atoms with Crippen LogP contribution < -0.4 is 0 Å². The molecule has 0 N–H and O–H groups in total. The minimum atomic E-state index is 1.43. The molecule has 0 nitrogen and oxygen atoms in total. The van der Waals surface area contributed by atoms with Crippen molar-refractivity contribution in [1.29, 1.82) is 0 Å². The maximum Gasteiger partial charge on any atom is -0.000000386 e. The van der Waals surface area contributed by atoms with Crippen LogP contribution in [0.4, 0.5) is 0 Å². The molecule has 0 heterocycles. The Kier molecular flexibility index (Phi) is 4.06. The average Bonchev–Trinajstić information content (AvgIpc) is 0.602. The zero-order valence-corrected chi connectivity index (χ0v) is 51.5. The van der Waals surface area contributed by atoms with Crippen molar-refractivity contribution in [3.63, 3.8) is 0 Å². The number of hydrogen-bond acceptors (Lipinski definition) is 0. The fourth-order valence-electron chi connectivity index (χ4n) is 30.7. The van der Waals surface area contributed by atoms with Gasteiger partial charge in [0.05, 0.1) is 0 Å². The molecule has 0 amide bonds. The minimum Gasteiger partial charge on any atom is -0.0531 e. The van der Waals surface area contributed by atoms with Crippen LogP contribution in [0.15, 0.2) is 121 Å². The van der Waals surface area contributed by atoms with E-state index in [1.165, 1.54) is 323 Å². The summed E-state index contributed by atoms with van der Waals surface area (Å²) in [5.74, 6) is 0. The van der Waals surface area contributed by atoms with Crippen molar-refractivity contribution in [3.05, 3.63) is 121 Å². The molecule has 0 aromatic heterocycles. The molecule has 0 aliphatic carbocycles. The zero-order valence-electron chi connectivity index (χ0n) is 51.5. The first-order chi connectivity index (χ1) is 49.8. The van der Waals surface area contributed by atoms with Crippen molar-refractivity contribution in [2.45, 2.75) is 0 Å². The number of hydrogen-bond donors (Lipinski definition) is 0. The van der Waals surface area contributed by atoms with Gasteiger partial charge in [-0.15, -0.1) is 0 Å². The SMILES string of the molecule is c1cc2c3ccc4c5ccc6c7ccc8c9ccc%10c1c1c2c2c%11c3c4c3c4c5c6c5c6c7c8c7c8c9c%10c9c1c1c%10c%12c%13c%14ccc%15c%16ccc%17c%18ccc%19c%20ccc%21c%22ccc%14c%14c%22c%22c%23c%21c%20c%20c%21c%19c%18c%18c%19c%17c%16c%16c(c%15%13)c%10c9c8c%16c%19c7c6c%18c%21c5c4c%20c%23c3c%11c%22c(c%14%12)c21. The highest BCUT2D eigenvalue weighted by Crippen LogP contribution is 2.76. The summed E-state index contributed by atoms with van der Waals surface area (Å²) in [5.41, 5.74) is 0. The lowest BCUT2D eigenvalue weighted by molar-refractivity contribution is 1.85. The van der Waals surface area contributed by atoms with Crippen molar-refractivity contribution < 1.29 is 0 Å². The van der Waals surface area contributed by atoms with Crippen LogP contribution in [-0.2, 0) is 0 Å². The molecule has 0 aliphatic heterocycles. The molecule has 0 spiro atoms. The second-order valence-electron chi connectivity index (χ2n) is 34.1. The van der Waals surface area contributed by atoms with Crippen molar-refractivity contribution >= 4 is 431 Å². The van der Waals surface area contributed by atoms with Gasteiger partial charge in [0.25, 0.3) is 0 Å². The average molecular weight is 1220 g/mol. The Bertz CT molecular complexity index is 8440. The smallest absolute Gasteiger partial charge is 0.000000386 e. The van der Waals surface area contributed by atoms with Gasteiger partial charge in [0.15, 0.2) is 0 Å². The van der Waals surface area contributed by atoms with E-state index >= 15 is 0 Å². The summed E-state index contributed by atoms with van der Waals surface area (Å²) in [6, 6.07) is 53.0. The van der Waals surface area contributed by atoms with Gasteiger partial charge in [0.2, 0.25) is 0 Å². The van der Waals surface area contributed by atoms with Gasteiger partial charge in [0, 0.05) is 0 Å². The molecule has 0 saturated carbocycles. The number of benzene rings is 40. The van der Waals surface area contributed by atoms with Crippen molar-refractivity contribution in [1.82, 2.24) is 0 Å². The van der Waals surface area contributed by atoms with E-state index in [1.807, 2.05) is 0 Å². The molecule has 0 radical (unpaired) electrons. The van der Waals surface area contributed by atoms with Gasteiger partial charge in [0.1, 0.15) is 0 Å². The topological polar surface area (TPSA) is 0 Å². The molecule has 0 unspecified atom stereocenters. The summed E-state index contributed by atoms with van der Waals surface area (Å²) in [5, 5.41) is 120. The first-order valence-corrected chi connectivity index (χ1v) is 36.6. The van der Waals surface area contributed by atoms with E-state index in [4.69, 9.17) is 0 Å². The summed E-state index contributed by atoms with van der Waals surface area (Å²) in [6.45, 7) is 0. The first kappa shape index (κ1) is 39.9. The third-order valence-corrected chi connectivity index (χ3v) is 32.5. The maximum atomic E-state index is 2.65. The maximum absolute atomic E-state index is 2.65. The van der Waals surface area contributed by atoms with Gasteiger partial charge < -0.3 is 0 Å². The van der Waals surface area contributed by atoms with Gasteiger partial charge in [-0.1, -0.05) is 121 Å². The van der Waals surface area contributed by atoms with E-state index in [0.717, 1.165) is 0 Å². The standard InChI is InChI=1S/C100H20/c1-2-22-24-5-6-26-28-9-10-33-30-8-7-27-25-4-3-23-21(1)41-42(22)62-64-44(24)46(26)66-69-49(28)53(33)77-74-50(30)47(27)67-65-45(25)43(23)63-61(41)81-82(62)87-70-52-31-13-14-35-36-17-18-39-40-20-19-38-37-16-15-34-32-12-11-29(31)48-51(32)71-72-55(34)56(37)76-78-59(38)60(40)80-79-58(39)57(36)75-73(54(35)52)91(87)85(64)89(66)94(75)97(79)93(69)98(77)100(80)99(78)96(74)90(67)95(76)92(72)86(65)83(63)88(71)84(81)68(48)70/h1-20H. The van der Waals surface area contributed by atoms with Gasteiger partial charge in [-0.2, -0.15) is 0 Å². The lowest BCUT2D eigenvalue weighted by Crippen LogP contribution is -2.09. The van der Waals surface area contributed by atoms with Crippen LogP contribution in [0.25, 0.3) is 431 Å². The Morgan fingerprint density at radius 1 is 0.0500 bits per heavy atom. The molecule has 420 valence electrons. The third kappa shape index (κ3) is 2.64. The van der Waals surface area contributed by atoms with Crippen LogP contribution in [0.3, 0.4) is 0 Å². The molecule has 41 aromatic carbocycles. The van der Waals surface area contributed by atoms with Crippen LogP contribution in [-0.4, -0.2) is 0 Å². The quantitative estimate of drug-likeness (QED) is 0.105. The van der Waals surface area contributed by atoms with E-state index in [2.05, 4.69) is 121 Å². The van der Waals surface area contributed by atoms with Crippen LogP contribution in [0.1, 0.15) is 0 Å². The second-order valence-corrected chi connectivity index (χ2v) is 34.1. The van der Waals surface area contributed by atoms with Gasteiger partial charge in [-0.3, -0.25) is 0 Å². The van der Waals surface area contributed by atoms with E-state index < -0.39 is 0 Å². The van der Waals surface area contributed by atoms with Crippen LogP contribution in [0, 0.1) is 0 Å². The summed E-state index contributed by atoms with van der Waals surface area (Å²) < 4.78 is 0. The Morgan fingerprint density at radius 3 is 0.140 bits per heavy atom. The molecule has 41 rings (SSSR count). The Labute approximate surface area is 548 Å². The molecular weight excluding hydrogens is 1200 g/mol.